The van der Waals surface area contributed by atoms with Crippen molar-refractivity contribution in [3.63, 3.8) is 0 Å². The van der Waals surface area contributed by atoms with Crippen LogP contribution >= 0.6 is 11.6 Å². The normalized spacial score (nSPS) is 12.1. The molecule has 1 heterocycles. The smallest absolute Gasteiger partial charge is 0.176 e. The zero-order valence-electron chi connectivity index (χ0n) is 10.2. The second-order valence-electron chi connectivity index (χ2n) is 5.07. The van der Waals surface area contributed by atoms with Crippen molar-refractivity contribution in [3.8, 4) is 5.75 Å². The predicted octanol–water partition coefficient (Wildman–Crippen LogP) is 2.86. The maximum atomic E-state index is 9.45. The Labute approximate surface area is 102 Å². The third kappa shape index (κ3) is 3.81. The van der Waals surface area contributed by atoms with E-state index in [-0.39, 0.29) is 10.9 Å². The molecule has 6 heteroatoms. The van der Waals surface area contributed by atoms with Crippen LogP contribution in [-0.4, -0.2) is 29.6 Å². The highest BCUT2D eigenvalue weighted by atomic mass is 35.5. The van der Waals surface area contributed by atoms with Crippen molar-refractivity contribution < 1.29 is 9.84 Å². The monoisotopic (exact) mass is 262 g/mol. The topological polar surface area (TPSA) is 47.3 Å². The fourth-order valence-electron chi connectivity index (χ4n) is 1.16. The van der Waals surface area contributed by atoms with Gasteiger partial charge in [0.2, 0.25) is 0 Å². The molecule has 1 rings (SSSR count). The first kappa shape index (κ1) is 13.5. The fraction of sp³-hybridized carbons (Fsp3) is 0.700. The van der Waals surface area contributed by atoms with Gasteiger partial charge in [0.05, 0.1) is 0 Å². The van der Waals surface area contributed by atoms with E-state index in [1.165, 1.54) is 4.68 Å². The minimum absolute atomic E-state index is 0.0375. The molecular weight excluding hydrogens is 244 g/mol. The Morgan fingerprint density at radius 1 is 1.44 bits per heavy atom. The minimum atomic E-state index is -1.05. The molecule has 0 aromatic carbocycles. The molecule has 1 aromatic heterocycles. The van der Waals surface area contributed by atoms with Gasteiger partial charge in [-0.05, 0) is 13.0 Å². The molecule has 1 N–H and O–H groups in total. The molecule has 1 aromatic rings. The Balaban J connectivity index is 2.41. The van der Waals surface area contributed by atoms with Gasteiger partial charge in [-0.1, -0.05) is 31.2 Å². The molecule has 0 amide bonds. The van der Waals surface area contributed by atoms with E-state index < -0.39 is 8.07 Å². The maximum Gasteiger partial charge on any atom is 0.176 e. The second-order valence-corrected chi connectivity index (χ2v) is 11.1. The molecule has 0 saturated carbocycles. The van der Waals surface area contributed by atoms with Crippen molar-refractivity contribution >= 4 is 19.7 Å². The first-order chi connectivity index (χ1) is 7.31. The quantitative estimate of drug-likeness (QED) is 0.656. The molecule has 0 bridgehead atoms. The summed E-state index contributed by atoms with van der Waals surface area (Å²) in [6, 6.07) is 1.11. The zero-order valence-corrected chi connectivity index (χ0v) is 12.0. The number of halogens is 1. The molecule has 0 radical (unpaired) electrons. The number of ether oxygens (including phenoxy) is 1. The van der Waals surface area contributed by atoms with E-state index in [2.05, 4.69) is 24.7 Å². The summed E-state index contributed by atoms with van der Waals surface area (Å²) in [5.41, 5.74) is 0.527. The predicted molar refractivity (Wildman–Crippen MR) is 67.7 cm³/mol. The van der Waals surface area contributed by atoms with Crippen LogP contribution < -0.4 is 0 Å². The van der Waals surface area contributed by atoms with Crippen molar-refractivity contribution in [1.29, 1.82) is 0 Å². The molecule has 0 aliphatic rings. The van der Waals surface area contributed by atoms with E-state index in [0.717, 1.165) is 6.04 Å². The van der Waals surface area contributed by atoms with E-state index in [9.17, 15) is 5.11 Å². The van der Waals surface area contributed by atoms with Crippen LogP contribution in [0.3, 0.4) is 0 Å². The highest BCUT2D eigenvalue weighted by Gasteiger charge is 2.14. The lowest BCUT2D eigenvalue weighted by molar-refractivity contribution is 0.0784. The average molecular weight is 263 g/mol. The Hall–Kier alpha value is -0.523. The first-order valence-electron chi connectivity index (χ1n) is 5.31. The summed E-state index contributed by atoms with van der Waals surface area (Å²) in [5.74, 6) is 0.0375. The lowest BCUT2D eigenvalue weighted by Crippen LogP contribution is -2.22. The molecule has 0 fully saturated rings. The Bertz CT molecular complexity index is 360. The maximum absolute atomic E-state index is 9.45. The van der Waals surface area contributed by atoms with Crippen molar-refractivity contribution in [2.24, 2.45) is 0 Å². The summed E-state index contributed by atoms with van der Waals surface area (Å²) in [4.78, 5) is 0. The summed E-state index contributed by atoms with van der Waals surface area (Å²) in [5, 5.41) is 13.8. The van der Waals surface area contributed by atoms with Crippen molar-refractivity contribution in [1.82, 2.24) is 9.78 Å². The molecule has 0 unspecified atom stereocenters. The lowest BCUT2D eigenvalue weighted by atomic mass is 10.5. The van der Waals surface area contributed by atoms with E-state index in [1.807, 2.05) is 0 Å². The molecule has 0 aliphatic heterocycles. The fourth-order valence-corrected chi connectivity index (χ4v) is 2.14. The van der Waals surface area contributed by atoms with E-state index in [4.69, 9.17) is 16.3 Å². The Morgan fingerprint density at radius 3 is 2.50 bits per heavy atom. The van der Waals surface area contributed by atoms with Crippen molar-refractivity contribution in [2.45, 2.75) is 39.3 Å². The minimum Gasteiger partial charge on any atom is -0.503 e. The number of nitrogens with zero attached hydrogens (tertiary/aromatic N) is 2. The van der Waals surface area contributed by atoms with Gasteiger partial charge in [0, 0.05) is 14.7 Å². The van der Waals surface area contributed by atoms with Gasteiger partial charge in [-0.2, -0.15) is 5.10 Å². The molecule has 0 spiro atoms. The Kier molecular flexibility index (Phi) is 4.40. The average Bonchev–Trinajstić information content (AvgIpc) is 2.40. The highest BCUT2D eigenvalue weighted by Crippen LogP contribution is 2.26. The molecule has 16 heavy (non-hydrogen) atoms. The summed E-state index contributed by atoms with van der Waals surface area (Å²) >= 11 is 5.86. The van der Waals surface area contributed by atoms with Crippen LogP contribution in [0.4, 0.5) is 0 Å². The van der Waals surface area contributed by atoms with Crippen LogP contribution in [0.15, 0.2) is 0 Å². The molecule has 4 nitrogen and oxygen atoms in total. The van der Waals surface area contributed by atoms with Gasteiger partial charge in [0.1, 0.15) is 12.4 Å². The number of aromatic nitrogens is 2. The summed E-state index contributed by atoms with van der Waals surface area (Å²) in [7, 11) is -1.05. The second kappa shape index (κ2) is 5.20. The summed E-state index contributed by atoms with van der Waals surface area (Å²) < 4.78 is 6.95. The summed E-state index contributed by atoms with van der Waals surface area (Å²) in [6.07, 6.45) is 0. The number of hydrogen-bond acceptors (Lipinski definition) is 3. The van der Waals surface area contributed by atoms with Gasteiger partial charge in [0.25, 0.3) is 0 Å². The van der Waals surface area contributed by atoms with Crippen molar-refractivity contribution in [3.05, 3.63) is 10.8 Å². The molecule has 0 saturated heterocycles. The summed E-state index contributed by atoms with van der Waals surface area (Å²) in [6.45, 7) is 9.61. The molecule has 92 valence electrons. The van der Waals surface area contributed by atoms with Crippen LogP contribution in [-0.2, 0) is 11.5 Å². The first-order valence-corrected chi connectivity index (χ1v) is 9.39. The van der Waals surface area contributed by atoms with E-state index in [0.29, 0.717) is 19.0 Å². The van der Waals surface area contributed by atoms with Crippen LogP contribution in [0.1, 0.15) is 5.69 Å². The van der Waals surface area contributed by atoms with Crippen molar-refractivity contribution in [2.75, 3.05) is 6.61 Å². The zero-order chi connectivity index (χ0) is 12.3. The van der Waals surface area contributed by atoms with Gasteiger partial charge in [-0.25, -0.2) is 4.68 Å². The van der Waals surface area contributed by atoms with Crippen LogP contribution in [0.25, 0.3) is 0 Å². The van der Waals surface area contributed by atoms with Crippen LogP contribution in [0, 0.1) is 6.92 Å². The van der Waals surface area contributed by atoms with E-state index >= 15 is 0 Å². The van der Waals surface area contributed by atoms with Gasteiger partial charge in [-0.3, -0.25) is 0 Å². The van der Waals surface area contributed by atoms with Gasteiger partial charge in [-0.15, -0.1) is 0 Å². The lowest BCUT2D eigenvalue weighted by Gasteiger charge is -2.15. The van der Waals surface area contributed by atoms with Gasteiger partial charge >= 0.3 is 0 Å². The van der Waals surface area contributed by atoms with Crippen LogP contribution in [0.5, 0.6) is 5.75 Å². The number of rotatable bonds is 5. The number of aromatic hydroxyl groups is 1. The third-order valence-electron chi connectivity index (χ3n) is 2.25. The highest BCUT2D eigenvalue weighted by molar-refractivity contribution is 6.76. The van der Waals surface area contributed by atoms with Gasteiger partial charge < -0.3 is 9.84 Å². The van der Waals surface area contributed by atoms with E-state index in [1.54, 1.807) is 6.92 Å². The molecular formula is C10H19ClN2O2Si. The third-order valence-corrected chi connectivity index (χ3v) is 4.32. The molecule has 0 aliphatic carbocycles. The largest absolute Gasteiger partial charge is 0.503 e. The van der Waals surface area contributed by atoms with Gasteiger partial charge in [0.15, 0.2) is 10.9 Å². The SMILES string of the molecule is Cc1nn(COCC[Si](C)(C)C)c(Cl)c1O. The van der Waals surface area contributed by atoms with Crippen LogP contribution in [0.2, 0.25) is 30.8 Å². The standard InChI is InChI=1S/C10H19ClN2O2Si/c1-8-9(14)10(11)13(12-8)7-15-5-6-16(2,3)4/h14H,5-7H2,1-4H3. The number of aryl methyl sites for hydroxylation is 1. The molecule has 0 atom stereocenters. The number of hydrogen-bond donors (Lipinski definition) is 1. The Morgan fingerprint density at radius 2 is 2.06 bits per heavy atom.